The highest BCUT2D eigenvalue weighted by Crippen LogP contribution is 2.11. The van der Waals surface area contributed by atoms with Gasteiger partial charge in [0.15, 0.2) is 0 Å². The zero-order valence-electron chi connectivity index (χ0n) is 12.6. The molecule has 1 aromatic carbocycles. The molecule has 0 heterocycles. The van der Waals surface area contributed by atoms with E-state index in [1.54, 1.807) is 0 Å². The Balaban J connectivity index is 0.00000400. The Morgan fingerprint density at radius 2 is 1.90 bits per heavy atom. The Kier molecular flexibility index (Phi) is 12.0. The number of unbranched alkanes of at least 4 members (excludes halogenated alkanes) is 2. The summed E-state index contributed by atoms with van der Waals surface area (Å²) in [6.45, 7) is 3.36. The standard InChI is InChI=1S/C16H25IN2O.ClH/c1-13(11-18)12-19-16(20)6-4-2-3-5-14-7-9-15(17)10-8-14;/h7-10,13H,2-6,11-12,18H2,1H3,(H,19,20);1H. The molecular weight excluding hydrogens is 399 g/mol. The van der Waals surface area contributed by atoms with Crippen molar-refractivity contribution in [1.82, 2.24) is 5.32 Å². The maximum Gasteiger partial charge on any atom is 0.220 e. The fraction of sp³-hybridized carbons (Fsp3) is 0.562. The van der Waals surface area contributed by atoms with Crippen LogP contribution in [0, 0.1) is 9.49 Å². The lowest BCUT2D eigenvalue weighted by atomic mass is 10.1. The molecule has 5 heteroatoms. The van der Waals surface area contributed by atoms with E-state index in [1.807, 2.05) is 6.92 Å². The molecule has 0 spiro atoms. The average Bonchev–Trinajstić information content (AvgIpc) is 2.46. The number of halogens is 2. The third-order valence-corrected chi connectivity index (χ3v) is 4.05. The van der Waals surface area contributed by atoms with Gasteiger partial charge in [0, 0.05) is 16.5 Å². The summed E-state index contributed by atoms with van der Waals surface area (Å²) in [4.78, 5) is 11.6. The topological polar surface area (TPSA) is 55.1 Å². The maximum absolute atomic E-state index is 11.6. The summed E-state index contributed by atoms with van der Waals surface area (Å²) in [5, 5.41) is 2.93. The molecule has 1 atom stereocenters. The number of nitrogens with one attached hydrogen (secondary N) is 1. The number of hydrogen-bond donors (Lipinski definition) is 2. The van der Waals surface area contributed by atoms with Crippen molar-refractivity contribution in [1.29, 1.82) is 0 Å². The van der Waals surface area contributed by atoms with Gasteiger partial charge < -0.3 is 11.1 Å². The van der Waals surface area contributed by atoms with Gasteiger partial charge in [-0.25, -0.2) is 0 Å². The van der Waals surface area contributed by atoms with E-state index in [2.05, 4.69) is 52.2 Å². The van der Waals surface area contributed by atoms with Gasteiger partial charge in [0.2, 0.25) is 5.91 Å². The van der Waals surface area contributed by atoms with E-state index in [1.165, 1.54) is 9.13 Å². The largest absolute Gasteiger partial charge is 0.356 e. The number of nitrogens with two attached hydrogens (primary N) is 1. The number of carbonyl (C=O) groups is 1. The zero-order valence-corrected chi connectivity index (χ0v) is 15.6. The van der Waals surface area contributed by atoms with Gasteiger partial charge in [0.1, 0.15) is 0 Å². The van der Waals surface area contributed by atoms with Crippen LogP contribution in [-0.2, 0) is 11.2 Å². The van der Waals surface area contributed by atoms with Crippen molar-refractivity contribution in [3.05, 3.63) is 33.4 Å². The van der Waals surface area contributed by atoms with E-state index in [0.29, 0.717) is 25.4 Å². The molecule has 1 rings (SSSR count). The lowest BCUT2D eigenvalue weighted by molar-refractivity contribution is -0.121. The van der Waals surface area contributed by atoms with Crippen LogP contribution in [-0.4, -0.2) is 19.0 Å². The molecule has 0 aliphatic heterocycles. The minimum absolute atomic E-state index is 0. The number of carbonyl (C=O) groups excluding carboxylic acids is 1. The van der Waals surface area contributed by atoms with Crippen molar-refractivity contribution in [3.8, 4) is 0 Å². The van der Waals surface area contributed by atoms with Gasteiger partial charge in [0.25, 0.3) is 0 Å². The summed E-state index contributed by atoms with van der Waals surface area (Å²) in [5.41, 5.74) is 6.89. The van der Waals surface area contributed by atoms with Gasteiger partial charge in [0.05, 0.1) is 0 Å². The monoisotopic (exact) mass is 424 g/mol. The van der Waals surface area contributed by atoms with Gasteiger partial charge in [-0.3, -0.25) is 4.79 Å². The fourth-order valence-electron chi connectivity index (χ4n) is 1.90. The molecule has 0 aliphatic carbocycles. The number of rotatable bonds is 9. The lowest BCUT2D eigenvalue weighted by Gasteiger charge is -2.09. The molecule has 0 saturated heterocycles. The molecule has 3 nitrogen and oxygen atoms in total. The molecule has 1 amide bonds. The first-order valence-corrected chi connectivity index (χ1v) is 8.41. The van der Waals surface area contributed by atoms with Crippen molar-refractivity contribution in [3.63, 3.8) is 0 Å². The second-order valence-corrected chi connectivity index (χ2v) is 6.58. The van der Waals surface area contributed by atoms with Crippen molar-refractivity contribution in [2.45, 2.75) is 39.0 Å². The Labute approximate surface area is 148 Å². The first kappa shape index (κ1) is 20.7. The third kappa shape index (κ3) is 10.1. The number of amides is 1. The number of aryl methyl sites for hydroxylation is 1. The van der Waals surface area contributed by atoms with Gasteiger partial charge in [-0.05, 0) is 72.0 Å². The van der Waals surface area contributed by atoms with Crippen LogP contribution in [0.15, 0.2) is 24.3 Å². The number of benzene rings is 1. The van der Waals surface area contributed by atoms with Crippen LogP contribution in [0.4, 0.5) is 0 Å². The van der Waals surface area contributed by atoms with Crippen LogP contribution >= 0.6 is 35.0 Å². The average molecular weight is 425 g/mol. The van der Waals surface area contributed by atoms with Crippen LogP contribution < -0.4 is 11.1 Å². The highest BCUT2D eigenvalue weighted by atomic mass is 127. The second-order valence-electron chi connectivity index (χ2n) is 5.33. The van der Waals surface area contributed by atoms with Crippen LogP contribution in [0.5, 0.6) is 0 Å². The molecule has 21 heavy (non-hydrogen) atoms. The summed E-state index contributed by atoms with van der Waals surface area (Å²) in [6.07, 6.45) is 4.94. The number of hydrogen-bond acceptors (Lipinski definition) is 2. The molecular formula is C16H26ClIN2O. The van der Waals surface area contributed by atoms with E-state index in [-0.39, 0.29) is 18.3 Å². The summed E-state index contributed by atoms with van der Waals surface area (Å²) in [6, 6.07) is 8.65. The highest BCUT2D eigenvalue weighted by molar-refractivity contribution is 14.1. The quantitative estimate of drug-likeness (QED) is 0.471. The first-order valence-electron chi connectivity index (χ1n) is 7.33. The SMILES string of the molecule is CC(CN)CNC(=O)CCCCCc1ccc(I)cc1.Cl. The maximum atomic E-state index is 11.6. The van der Waals surface area contributed by atoms with Crippen molar-refractivity contribution >= 4 is 40.9 Å². The molecule has 0 saturated carbocycles. The fourth-order valence-corrected chi connectivity index (χ4v) is 2.26. The minimum atomic E-state index is 0. The molecule has 120 valence electrons. The van der Waals surface area contributed by atoms with Gasteiger partial charge in [-0.15, -0.1) is 12.4 Å². The highest BCUT2D eigenvalue weighted by Gasteiger charge is 2.03. The summed E-state index contributed by atoms with van der Waals surface area (Å²) in [7, 11) is 0. The Morgan fingerprint density at radius 1 is 1.24 bits per heavy atom. The molecule has 1 aromatic rings. The van der Waals surface area contributed by atoms with E-state index in [9.17, 15) is 4.79 Å². The van der Waals surface area contributed by atoms with Gasteiger partial charge in [-0.1, -0.05) is 25.5 Å². The van der Waals surface area contributed by atoms with Crippen LogP contribution in [0.25, 0.3) is 0 Å². The predicted octanol–water partition coefficient (Wildman–Crippen LogP) is 3.53. The predicted molar refractivity (Wildman–Crippen MR) is 99.8 cm³/mol. The van der Waals surface area contributed by atoms with Crippen LogP contribution in [0.3, 0.4) is 0 Å². The van der Waals surface area contributed by atoms with Gasteiger partial charge in [-0.2, -0.15) is 0 Å². The third-order valence-electron chi connectivity index (χ3n) is 3.33. The molecule has 0 radical (unpaired) electrons. The van der Waals surface area contributed by atoms with E-state index < -0.39 is 0 Å². The summed E-state index contributed by atoms with van der Waals surface area (Å²) in [5.74, 6) is 0.513. The van der Waals surface area contributed by atoms with Crippen LogP contribution in [0.2, 0.25) is 0 Å². The van der Waals surface area contributed by atoms with Crippen LogP contribution in [0.1, 0.15) is 38.2 Å². The van der Waals surface area contributed by atoms with E-state index in [4.69, 9.17) is 5.73 Å². The Hall–Kier alpha value is -0.330. The molecule has 0 aliphatic rings. The van der Waals surface area contributed by atoms with Crippen molar-refractivity contribution in [2.75, 3.05) is 13.1 Å². The normalized spacial score (nSPS) is 11.6. The molecule has 0 fully saturated rings. The Bertz CT molecular complexity index is 398. The minimum Gasteiger partial charge on any atom is -0.356 e. The lowest BCUT2D eigenvalue weighted by Crippen LogP contribution is -2.31. The van der Waals surface area contributed by atoms with Crippen molar-refractivity contribution < 1.29 is 4.79 Å². The molecule has 3 N–H and O–H groups in total. The molecule has 1 unspecified atom stereocenters. The van der Waals surface area contributed by atoms with Gasteiger partial charge >= 0.3 is 0 Å². The van der Waals surface area contributed by atoms with E-state index in [0.717, 1.165) is 25.7 Å². The molecule has 0 bridgehead atoms. The zero-order chi connectivity index (χ0) is 14.8. The van der Waals surface area contributed by atoms with E-state index >= 15 is 0 Å². The summed E-state index contributed by atoms with van der Waals surface area (Å²) < 4.78 is 1.27. The first-order chi connectivity index (χ1) is 9.61. The summed E-state index contributed by atoms with van der Waals surface area (Å²) >= 11 is 2.32. The second kappa shape index (κ2) is 12.2. The van der Waals surface area contributed by atoms with Crippen molar-refractivity contribution in [2.24, 2.45) is 11.7 Å². The molecule has 0 aromatic heterocycles. The smallest absolute Gasteiger partial charge is 0.220 e. The Morgan fingerprint density at radius 3 is 2.52 bits per heavy atom.